The molecule has 0 radical (unpaired) electrons. The van der Waals surface area contributed by atoms with E-state index in [1.54, 1.807) is 36.7 Å². The van der Waals surface area contributed by atoms with Crippen LogP contribution in [0.1, 0.15) is 22.3 Å². The zero-order valence-electron chi connectivity index (χ0n) is 25.4. The van der Waals surface area contributed by atoms with E-state index < -0.39 is 24.4 Å². The van der Waals surface area contributed by atoms with Crippen molar-refractivity contribution in [2.45, 2.75) is 38.9 Å². The smallest absolute Gasteiger partial charge is 0.435 e. The Kier molecular flexibility index (Phi) is 9.45. The van der Waals surface area contributed by atoms with Crippen LogP contribution in [0.5, 0.6) is 5.75 Å². The van der Waals surface area contributed by atoms with Gasteiger partial charge in [0.2, 0.25) is 5.88 Å². The summed E-state index contributed by atoms with van der Waals surface area (Å²) in [6, 6.07) is 24.8. The van der Waals surface area contributed by atoms with Crippen LogP contribution in [-0.2, 0) is 28.2 Å². The van der Waals surface area contributed by atoms with Gasteiger partial charge >= 0.3 is 16.3 Å². The van der Waals surface area contributed by atoms with Crippen LogP contribution in [0.15, 0.2) is 103 Å². The first kappa shape index (κ1) is 31.6. The second-order valence-corrected chi connectivity index (χ2v) is 19.1. The number of rotatable bonds is 11. The van der Waals surface area contributed by atoms with Crippen LogP contribution in [0.25, 0.3) is 12.2 Å². The third-order valence-electron chi connectivity index (χ3n) is 7.00. The summed E-state index contributed by atoms with van der Waals surface area (Å²) in [6.07, 6.45) is 7.31. The summed E-state index contributed by atoms with van der Waals surface area (Å²) in [5.41, 5.74) is 3.45. The third-order valence-corrected chi connectivity index (χ3v) is 10.5. The molecule has 12 heteroatoms. The normalized spacial score (nSPS) is 14.5. The highest BCUT2D eigenvalue weighted by Crippen LogP contribution is 2.38. The highest BCUT2D eigenvalue weighted by molar-refractivity contribution is 7.91. The topological polar surface area (TPSA) is 114 Å². The van der Waals surface area contributed by atoms with Gasteiger partial charge in [0.15, 0.2) is 0 Å². The molecule has 0 fully saturated rings. The van der Waals surface area contributed by atoms with Crippen molar-refractivity contribution in [1.82, 2.24) is 14.1 Å². The van der Waals surface area contributed by atoms with E-state index in [4.69, 9.17) is 9.47 Å². The van der Waals surface area contributed by atoms with E-state index in [0.29, 0.717) is 17.4 Å². The zero-order valence-corrected chi connectivity index (χ0v) is 27.2. The number of ether oxygens (including phenoxy) is 2. The summed E-state index contributed by atoms with van der Waals surface area (Å²) in [5.74, 6) is -0.00796. The zero-order chi connectivity index (χ0) is 32.0. The van der Waals surface area contributed by atoms with Crippen LogP contribution in [0.3, 0.4) is 0 Å². The second-order valence-electron chi connectivity index (χ2n) is 11.8. The summed E-state index contributed by atoms with van der Waals surface area (Å²) in [4.78, 5) is 12.5. The lowest BCUT2D eigenvalue weighted by Gasteiger charge is -2.25. The van der Waals surface area contributed by atoms with Gasteiger partial charge in [-0.2, -0.15) is 18.2 Å². The third kappa shape index (κ3) is 8.02. The lowest BCUT2D eigenvalue weighted by Crippen LogP contribution is -2.37. The number of nitrogens with zero attached hydrogens (tertiary/aromatic N) is 4. The SMILES string of the molecule is C[Si](C)(C)CCN1C(O)=CN(c2ccc(C=Cc3cnn(C(=O)OCc4ccccc4)c3)cc2OCc2ccccc2)S1(=O)=O. The van der Waals surface area contributed by atoms with Crippen molar-refractivity contribution in [3.8, 4) is 5.75 Å². The van der Waals surface area contributed by atoms with Gasteiger partial charge in [-0.15, -0.1) is 0 Å². The van der Waals surface area contributed by atoms with E-state index in [2.05, 4.69) is 24.7 Å². The van der Waals surface area contributed by atoms with Gasteiger partial charge < -0.3 is 14.6 Å². The van der Waals surface area contributed by atoms with Gasteiger partial charge in [-0.3, -0.25) is 0 Å². The number of aliphatic hydroxyl groups is 1. The van der Waals surface area contributed by atoms with E-state index in [0.717, 1.165) is 30.0 Å². The quantitative estimate of drug-likeness (QED) is 0.177. The summed E-state index contributed by atoms with van der Waals surface area (Å²) >= 11 is 0. The molecule has 0 atom stereocenters. The number of hydrogen-bond donors (Lipinski definition) is 1. The Hall–Kier alpha value is -4.81. The van der Waals surface area contributed by atoms with Gasteiger partial charge in [0.05, 0.1) is 12.4 Å². The fourth-order valence-corrected chi connectivity index (χ4v) is 6.99. The molecule has 3 aromatic carbocycles. The molecule has 1 aromatic heterocycles. The van der Waals surface area contributed by atoms with E-state index in [9.17, 15) is 18.3 Å². The minimum absolute atomic E-state index is 0.137. The number of benzene rings is 3. The molecule has 0 bridgehead atoms. The predicted molar refractivity (Wildman–Crippen MR) is 177 cm³/mol. The summed E-state index contributed by atoms with van der Waals surface area (Å²) < 4.78 is 41.9. The van der Waals surface area contributed by atoms with Crippen LogP contribution in [0, 0.1) is 0 Å². The van der Waals surface area contributed by atoms with Gasteiger partial charge in [-0.05, 0) is 34.9 Å². The Morgan fingerprint density at radius 1 is 0.911 bits per heavy atom. The molecular formula is C33H36N4O6SSi. The molecule has 1 N–H and O–H groups in total. The van der Waals surface area contributed by atoms with Crippen LogP contribution in [0.2, 0.25) is 25.7 Å². The minimum Gasteiger partial charge on any atom is -0.493 e. The molecule has 234 valence electrons. The number of carbonyl (C=O) groups is 1. The first-order valence-corrected chi connectivity index (χ1v) is 19.6. The Labute approximate surface area is 264 Å². The van der Waals surface area contributed by atoms with Gasteiger partial charge in [0, 0.05) is 26.4 Å². The predicted octanol–water partition coefficient (Wildman–Crippen LogP) is 6.88. The van der Waals surface area contributed by atoms with Crippen molar-refractivity contribution in [3.63, 3.8) is 0 Å². The lowest BCUT2D eigenvalue weighted by molar-refractivity contribution is 0.138. The molecule has 0 spiro atoms. The molecule has 0 unspecified atom stereocenters. The van der Waals surface area contributed by atoms with Crippen molar-refractivity contribution in [3.05, 3.63) is 126 Å². The molecular weight excluding hydrogens is 609 g/mol. The Morgan fingerprint density at radius 3 is 2.22 bits per heavy atom. The standard InChI is InChI=1S/C33H36N4O6SSi/c1-45(2,3)19-18-36-32(38)23-37(44(36,40)41)30-17-16-26(20-31(30)42-24-27-10-6-4-7-11-27)14-15-29-21-34-35(22-29)33(39)43-25-28-12-8-5-9-13-28/h4-17,20-23,38H,18-19,24-25H2,1-3H3. The van der Waals surface area contributed by atoms with Crippen LogP contribution < -0.4 is 9.04 Å². The second kappa shape index (κ2) is 13.4. The van der Waals surface area contributed by atoms with Crippen LogP contribution >= 0.6 is 0 Å². The molecule has 5 rings (SSSR count). The summed E-state index contributed by atoms with van der Waals surface area (Å²) in [7, 11) is -5.63. The number of carbonyl (C=O) groups excluding carboxylic acids is 1. The maximum Gasteiger partial charge on any atom is 0.435 e. The largest absolute Gasteiger partial charge is 0.493 e. The van der Waals surface area contributed by atoms with Crippen LogP contribution in [-0.4, -0.2) is 48.3 Å². The molecule has 4 aromatic rings. The van der Waals surface area contributed by atoms with Crippen molar-refractivity contribution < 1.29 is 27.8 Å². The van der Waals surface area contributed by atoms with E-state index >= 15 is 0 Å². The molecule has 0 saturated carbocycles. The van der Waals surface area contributed by atoms with E-state index in [-0.39, 0.29) is 31.3 Å². The molecule has 0 aliphatic carbocycles. The first-order valence-electron chi connectivity index (χ1n) is 14.5. The highest BCUT2D eigenvalue weighted by Gasteiger charge is 2.39. The van der Waals surface area contributed by atoms with E-state index in [1.165, 1.54) is 6.20 Å². The fourth-order valence-electron chi connectivity index (χ4n) is 4.49. The Bertz CT molecular complexity index is 1800. The average Bonchev–Trinajstić information content (AvgIpc) is 3.58. The molecule has 45 heavy (non-hydrogen) atoms. The highest BCUT2D eigenvalue weighted by atomic mass is 32.2. The first-order chi connectivity index (χ1) is 21.5. The number of aromatic nitrogens is 2. The summed E-state index contributed by atoms with van der Waals surface area (Å²) in [5, 5.41) is 14.7. The number of hydrogen-bond acceptors (Lipinski definition) is 7. The van der Waals surface area contributed by atoms with Crippen LogP contribution in [0.4, 0.5) is 10.5 Å². The lowest BCUT2D eigenvalue weighted by atomic mass is 10.1. The maximum absolute atomic E-state index is 13.6. The number of aliphatic hydroxyl groups excluding tert-OH is 1. The fraction of sp³-hybridized carbons (Fsp3) is 0.212. The van der Waals surface area contributed by atoms with Crippen molar-refractivity contribution in [2.75, 3.05) is 10.8 Å². The van der Waals surface area contributed by atoms with Gasteiger partial charge in [-0.25, -0.2) is 13.4 Å². The van der Waals surface area contributed by atoms with Gasteiger partial charge in [0.1, 0.15) is 24.7 Å². The minimum atomic E-state index is -4.06. The summed E-state index contributed by atoms with van der Waals surface area (Å²) in [6.45, 7) is 7.00. The van der Waals surface area contributed by atoms with Crippen molar-refractivity contribution in [2.24, 2.45) is 0 Å². The maximum atomic E-state index is 13.6. The molecule has 10 nitrogen and oxygen atoms in total. The molecule has 0 amide bonds. The molecule has 0 saturated heterocycles. The Balaban J connectivity index is 1.36. The molecule has 2 heterocycles. The molecule has 1 aliphatic rings. The van der Waals surface area contributed by atoms with Crippen molar-refractivity contribution in [1.29, 1.82) is 0 Å². The Morgan fingerprint density at radius 2 is 1.56 bits per heavy atom. The van der Waals surface area contributed by atoms with E-state index in [1.807, 2.05) is 66.7 Å². The average molecular weight is 645 g/mol. The number of anilines is 1. The van der Waals surface area contributed by atoms with Crippen molar-refractivity contribution >= 4 is 42.2 Å². The molecule has 1 aliphatic heterocycles. The van der Waals surface area contributed by atoms with Gasteiger partial charge in [0.25, 0.3) is 0 Å². The monoisotopic (exact) mass is 644 g/mol. The van der Waals surface area contributed by atoms with Gasteiger partial charge in [-0.1, -0.05) is 98.5 Å².